The number of carbonyl (C=O) groups is 1. The van der Waals surface area contributed by atoms with E-state index in [2.05, 4.69) is 4.98 Å². The lowest BCUT2D eigenvalue weighted by atomic mass is 10.0. The molecule has 0 bridgehead atoms. The second-order valence-electron chi connectivity index (χ2n) is 3.66. The van der Waals surface area contributed by atoms with E-state index in [1.54, 1.807) is 48.7 Å². The van der Waals surface area contributed by atoms with Crippen LogP contribution >= 0.6 is 11.6 Å². The highest BCUT2D eigenvalue weighted by atomic mass is 35.5. The van der Waals surface area contributed by atoms with Gasteiger partial charge in [-0.1, -0.05) is 29.8 Å². The van der Waals surface area contributed by atoms with Crippen LogP contribution in [0.2, 0.25) is 5.02 Å². The number of aliphatic carboxylic acids is 1. The monoisotopic (exact) mass is 259 g/mol. The Morgan fingerprint density at radius 2 is 2.11 bits per heavy atom. The zero-order valence-electron chi connectivity index (χ0n) is 9.38. The Morgan fingerprint density at radius 1 is 1.28 bits per heavy atom. The molecule has 0 atom stereocenters. The van der Waals surface area contributed by atoms with E-state index in [4.69, 9.17) is 11.6 Å². The van der Waals surface area contributed by atoms with Crippen LogP contribution in [0.1, 0.15) is 11.1 Å². The Bertz CT molecular complexity index is 594. The van der Waals surface area contributed by atoms with Crippen LogP contribution in [0, 0.1) is 0 Å². The third-order valence-corrected chi connectivity index (χ3v) is 2.60. The van der Waals surface area contributed by atoms with Gasteiger partial charge in [-0.2, -0.15) is 0 Å². The summed E-state index contributed by atoms with van der Waals surface area (Å²) in [5.74, 6) is -0.997. The average molecular weight is 260 g/mol. The van der Waals surface area contributed by atoms with Crippen LogP contribution in [0.15, 0.2) is 48.8 Å². The summed E-state index contributed by atoms with van der Waals surface area (Å²) in [5, 5.41) is 9.80. The summed E-state index contributed by atoms with van der Waals surface area (Å²) in [6.45, 7) is 0. The molecule has 1 aromatic carbocycles. The maximum absolute atomic E-state index is 11.3. The van der Waals surface area contributed by atoms with Crippen molar-refractivity contribution in [3.05, 3.63) is 64.9 Å². The highest BCUT2D eigenvalue weighted by Gasteiger charge is 2.10. The van der Waals surface area contributed by atoms with Crippen LogP contribution in [-0.2, 0) is 4.79 Å². The molecular formula is C14H10ClNO2. The molecule has 18 heavy (non-hydrogen) atoms. The molecule has 0 amide bonds. The predicted octanol–water partition coefficient (Wildman–Crippen LogP) is 3.36. The molecule has 0 aliphatic rings. The molecule has 1 N–H and O–H groups in total. The fourth-order valence-corrected chi connectivity index (χ4v) is 1.75. The second-order valence-corrected chi connectivity index (χ2v) is 4.10. The second kappa shape index (κ2) is 5.47. The lowest BCUT2D eigenvalue weighted by Crippen LogP contribution is -1.99. The van der Waals surface area contributed by atoms with Gasteiger partial charge in [0.1, 0.15) is 0 Å². The standard InChI is InChI=1S/C14H10ClNO2/c15-12-5-1-3-10(7-12)8-13(14(17)18)11-4-2-6-16-9-11/h1-9H,(H,17,18). The van der Waals surface area contributed by atoms with E-state index in [1.165, 1.54) is 6.20 Å². The van der Waals surface area contributed by atoms with E-state index in [1.807, 2.05) is 0 Å². The van der Waals surface area contributed by atoms with Gasteiger partial charge in [-0.05, 0) is 29.8 Å². The van der Waals surface area contributed by atoms with Crippen molar-refractivity contribution in [2.24, 2.45) is 0 Å². The van der Waals surface area contributed by atoms with Gasteiger partial charge in [0.25, 0.3) is 0 Å². The van der Waals surface area contributed by atoms with Crippen LogP contribution in [0.4, 0.5) is 0 Å². The highest BCUT2D eigenvalue weighted by Crippen LogP contribution is 2.19. The van der Waals surface area contributed by atoms with E-state index in [0.717, 1.165) is 5.56 Å². The van der Waals surface area contributed by atoms with Crippen LogP contribution in [-0.4, -0.2) is 16.1 Å². The summed E-state index contributed by atoms with van der Waals surface area (Å²) in [6.07, 6.45) is 4.69. The van der Waals surface area contributed by atoms with Crippen LogP contribution in [0.5, 0.6) is 0 Å². The maximum Gasteiger partial charge on any atom is 0.336 e. The first-order chi connectivity index (χ1) is 8.66. The first-order valence-electron chi connectivity index (χ1n) is 5.28. The van der Waals surface area contributed by atoms with Gasteiger partial charge in [-0.25, -0.2) is 4.79 Å². The Labute approximate surface area is 109 Å². The van der Waals surface area contributed by atoms with Crippen molar-refractivity contribution < 1.29 is 9.90 Å². The van der Waals surface area contributed by atoms with Gasteiger partial charge in [0.2, 0.25) is 0 Å². The molecule has 4 heteroatoms. The van der Waals surface area contributed by atoms with E-state index in [0.29, 0.717) is 10.6 Å². The quantitative estimate of drug-likeness (QED) is 0.860. The molecule has 0 saturated carbocycles. The molecule has 0 aliphatic carbocycles. The summed E-state index contributed by atoms with van der Waals surface area (Å²) in [5.41, 5.74) is 1.49. The largest absolute Gasteiger partial charge is 0.478 e. The van der Waals surface area contributed by atoms with Crippen molar-refractivity contribution in [3.63, 3.8) is 0 Å². The topological polar surface area (TPSA) is 50.2 Å². The van der Waals surface area contributed by atoms with Crippen molar-refractivity contribution >= 4 is 29.2 Å². The minimum Gasteiger partial charge on any atom is -0.478 e. The molecule has 2 rings (SSSR count). The molecule has 1 heterocycles. The molecular weight excluding hydrogens is 250 g/mol. The smallest absolute Gasteiger partial charge is 0.336 e. The fourth-order valence-electron chi connectivity index (χ4n) is 1.55. The Morgan fingerprint density at radius 3 is 2.72 bits per heavy atom. The number of aromatic nitrogens is 1. The van der Waals surface area contributed by atoms with Gasteiger partial charge in [0, 0.05) is 23.0 Å². The number of halogens is 1. The van der Waals surface area contributed by atoms with Crippen LogP contribution in [0.25, 0.3) is 11.6 Å². The molecule has 0 fully saturated rings. The first kappa shape index (κ1) is 12.3. The van der Waals surface area contributed by atoms with E-state index >= 15 is 0 Å². The minimum atomic E-state index is -0.997. The maximum atomic E-state index is 11.3. The van der Waals surface area contributed by atoms with Gasteiger partial charge >= 0.3 is 5.97 Å². The number of carboxylic acid groups (broad SMARTS) is 1. The van der Waals surface area contributed by atoms with Crippen LogP contribution in [0.3, 0.4) is 0 Å². The van der Waals surface area contributed by atoms with Gasteiger partial charge < -0.3 is 5.11 Å². The number of hydrogen-bond acceptors (Lipinski definition) is 2. The van der Waals surface area contributed by atoms with Crippen LogP contribution < -0.4 is 0 Å². The number of nitrogens with zero attached hydrogens (tertiary/aromatic N) is 1. The third-order valence-electron chi connectivity index (χ3n) is 2.36. The SMILES string of the molecule is O=C(O)C(=Cc1cccc(Cl)c1)c1cccnc1. The number of benzene rings is 1. The van der Waals surface area contributed by atoms with E-state index in [9.17, 15) is 9.90 Å². The Hall–Kier alpha value is -2.13. The van der Waals surface area contributed by atoms with E-state index < -0.39 is 5.97 Å². The molecule has 0 aliphatic heterocycles. The van der Waals surface area contributed by atoms with Crippen molar-refractivity contribution in [3.8, 4) is 0 Å². The molecule has 0 saturated heterocycles. The van der Waals surface area contributed by atoms with Gasteiger partial charge in [-0.3, -0.25) is 4.98 Å². The lowest BCUT2D eigenvalue weighted by molar-refractivity contribution is -0.130. The molecule has 0 unspecified atom stereocenters. The minimum absolute atomic E-state index is 0.186. The highest BCUT2D eigenvalue weighted by molar-refractivity contribution is 6.30. The van der Waals surface area contributed by atoms with Gasteiger partial charge in [0.05, 0.1) is 5.57 Å². The molecule has 0 spiro atoms. The fraction of sp³-hybridized carbons (Fsp3) is 0. The number of hydrogen-bond donors (Lipinski definition) is 1. The van der Waals surface area contributed by atoms with Crippen molar-refractivity contribution in [1.29, 1.82) is 0 Å². The van der Waals surface area contributed by atoms with E-state index in [-0.39, 0.29) is 5.57 Å². The number of carboxylic acids is 1. The normalized spacial score (nSPS) is 11.3. The predicted molar refractivity (Wildman–Crippen MR) is 71.2 cm³/mol. The number of rotatable bonds is 3. The Kier molecular flexibility index (Phi) is 3.75. The summed E-state index contributed by atoms with van der Waals surface area (Å²) >= 11 is 5.86. The first-order valence-corrected chi connectivity index (χ1v) is 5.65. The lowest BCUT2D eigenvalue weighted by Gasteiger charge is -2.02. The molecule has 2 aromatic rings. The summed E-state index contributed by atoms with van der Waals surface area (Å²) < 4.78 is 0. The summed E-state index contributed by atoms with van der Waals surface area (Å²) in [7, 11) is 0. The number of pyridine rings is 1. The van der Waals surface area contributed by atoms with Crippen molar-refractivity contribution in [2.75, 3.05) is 0 Å². The molecule has 3 nitrogen and oxygen atoms in total. The molecule has 1 aromatic heterocycles. The zero-order valence-corrected chi connectivity index (χ0v) is 10.1. The average Bonchev–Trinajstić information content (AvgIpc) is 2.37. The zero-order chi connectivity index (χ0) is 13.0. The Balaban J connectivity index is 2.46. The van der Waals surface area contributed by atoms with Gasteiger partial charge in [-0.15, -0.1) is 0 Å². The third kappa shape index (κ3) is 2.96. The van der Waals surface area contributed by atoms with Crippen molar-refractivity contribution in [2.45, 2.75) is 0 Å². The molecule has 0 radical (unpaired) electrons. The summed E-state index contributed by atoms with van der Waals surface area (Å²) in [4.78, 5) is 15.2. The molecule has 90 valence electrons. The summed E-state index contributed by atoms with van der Waals surface area (Å²) in [6, 6.07) is 10.4. The van der Waals surface area contributed by atoms with Crippen molar-refractivity contribution in [1.82, 2.24) is 4.98 Å². The van der Waals surface area contributed by atoms with Gasteiger partial charge in [0.15, 0.2) is 0 Å².